The predicted octanol–water partition coefficient (Wildman–Crippen LogP) is 2.54. The van der Waals surface area contributed by atoms with E-state index in [2.05, 4.69) is 16.1 Å². The molecule has 0 aliphatic carbocycles. The SMILES string of the molecule is CC(N)c1nn2cc(-c3cccs3)nc2s1. The monoisotopic (exact) mass is 250 g/mol. The highest BCUT2D eigenvalue weighted by Crippen LogP contribution is 2.26. The van der Waals surface area contributed by atoms with Crippen LogP contribution in [-0.2, 0) is 0 Å². The number of hydrogen-bond donors (Lipinski definition) is 1. The van der Waals surface area contributed by atoms with E-state index in [1.165, 1.54) is 4.88 Å². The summed E-state index contributed by atoms with van der Waals surface area (Å²) in [7, 11) is 0. The molecule has 3 heterocycles. The van der Waals surface area contributed by atoms with Crippen LogP contribution >= 0.6 is 22.7 Å². The fourth-order valence-corrected chi connectivity index (χ4v) is 2.96. The number of thiophene rings is 1. The van der Waals surface area contributed by atoms with Gasteiger partial charge in [0.25, 0.3) is 0 Å². The third kappa shape index (κ3) is 1.55. The largest absolute Gasteiger partial charge is 0.322 e. The molecule has 0 saturated carbocycles. The first kappa shape index (κ1) is 9.95. The lowest BCUT2D eigenvalue weighted by Gasteiger charge is -1.95. The highest BCUT2D eigenvalue weighted by molar-refractivity contribution is 7.16. The van der Waals surface area contributed by atoms with E-state index in [0.717, 1.165) is 15.7 Å². The van der Waals surface area contributed by atoms with E-state index in [-0.39, 0.29) is 6.04 Å². The van der Waals surface area contributed by atoms with E-state index in [1.807, 2.05) is 24.6 Å². The van der Waals surface area contributed by atoms with Crippen molar-refractivity contribution in [3.8, 4) is 10.6 Å². The lowest BCUT2D eigenvalue weighted by Crippen LogP contribution is -2.04. The van der Waals surface area contributed by atoms with Gasteiger partial charge in [-0.25, -0.2) is 9.50 Å². The van der Waals surface area contributed by atoms with Crippen LogP contribution in [0.1, 0.15) is 18.0 Å². The van der Waals surface area contributed by atoms with Crippen molar-refractivity contribution >= 4 is 27.6 Å². The van der Waals surface area contributed by atoms with Crippen molar-refractivity contribution in [3.05, 3.63) is 28.7 Å². The molecule has 3 aromatic rings. The van der Waals surface area contributed by atoms with Crippen LogP contribution in [0, 0.1) is 0 Å². The van der Waals surface area contributed by atoms with Crippen LogP contribution in [0.3, 0.4) is 0 Å². The van der Waals surface area contributed by atoms with Gasteiger partial charge in [-0.2, -0.15) is 5.10 Å². The molecule has 3 aromatic heterocycles. The minimum Gasteiger partial charge on any atom is -0.322 e. The maximum absolute atomic E-state index is 5.78. The molecule has 2 N–H and O–H groups in total. The lowest BCUT2D eigenvalue weighted by molar-refractivity contribution is 0.769. The summed E-state index contributed by atoms with van der Waals surface area (Å²) in [6.07, 6.45) is 1.95. The van der Waals surface area contributed by atoms with Gasteiger partial charge < -0.3 is 5.73 Å². The van der Waals surface area contributed by atoms with Gasteiger partial charge in [0.2, 0.25) is 4.96 Å². The molecule has 0 radical (unpaired) electrons. The Balaban J connectivity index is 2.08. The highest BCUT2D eigenvalue weighted by Gasteiger charge is 2.11. The van der Waals surface area contributed by atoms with Crippen LogP contribution in [0.2, 0.25) is 0 Å². The number of fused-ring (bicyclic) bond motifs is 1. The van der Waals surface area contributed by atoms with Crippen LogP contribution in [0.15, 0.2) is 23.7 Å². The van der Waals surface area contributed by atoms with E-state index in [9.17, 15) is 0 Å². The Hall–Kier alpha value is -1.24. The molecule has 1 unspecified atom stereocenters. The van der Waals surface area contributed by atoms with E-state index >= 15 is 0 Å². The van der Waals surface area contributed by atoms with Gasteiger partial charge in [0.1, 0.15) is 10.7 Å². The Bertz CT molecular complexity index is 574. The van der Waals surface area contributed by atoms with Crippen LogP contribution in [0.5, 0.6) is 0 Å². The zero-order valence-corrected chi connectivity index (χ0v) is 10.3. The molecular weight excluding hydrogens is 240 g/mol. The molecule has 4 nitrogen and oxygen atoms in total. The first-order valence-corrected chi connectivity index (χ1v) is 6.59. The quantitative estimate of drug-likeness (QED) is 0.760. The summed E-state index contributed by atoms with van der Waals surface area (Å²) in [5.41, 5.74) is 6.76. The smallest absolute Gasteiger partial charge is 0.212 e. The van der Waals surface area contributed by atoms with Crippen molar-refractivity contribution < 1.29 is 0 Å². The summed E-state index contributed by atoms with van der Waals surface area (Å²) < 4.78 is 1.80. The zero-order valence-electron chi connectivity index (χ0n) is 8.62. The van der Waals surface area contributed by atoms with E-state index in [4.69, 9.17) is 5.73 Å². The van der Waals surface area contributed by atoms with E-state index in [1.54, 1.807) is 27.2 Å². The molecule has 6 heteroatoms. The Morgan fingerprint density at radius 1 is 1.50 bits per heavy atom. The minimum atomic E-state index is -0.0307. The first-order chi connectivity index (χ1) is 7.74. The standard InChI is InChI=1S/C10H10N4S2/c1-6(11)9-13-14-5-7(12-10(14)16-9)8-3-2-4-15-8/h2-6H,11H2,1H3. The van der Waals surface area contributed by atoms with Gasteiger partial charge in [0.15, 0.2) is 0 Å². The molecule has 3 rings (SSSR count). The van der Waals surface area contributed by atoms with Crippen LogP contribution < -0.4 is 5.73 Å². The van der Waals surface area contributed by atoms with Gasteiger partial charge >= 0.3 is 0 Å². The number of imidazole rings is 1. The summed E-state index contributed by atoms with van der Waals surface area (Å²) in [6, 6.07) is 4.05. The number of nitrogens with zero attached hydrogens (tertiary/aromatic N) is 3. The van der Waals surface area contributed by atoms with Crippen molar-refractivity contribution in [2.24, 2.45) is 5.73 Å². The van der Waals surface area contributed by atoms with E-state index in [0.29, 0.717) is 0 Å². The summed E-state index contributed by atoms with van der Waals surface area (Å²) in [6.45, 7) is 1.93. The molecular formula is C10H10N4S2. The van der Waals surface area contributed by atoms with Gasteiger partial charge in [-0.1, -0.05) is 17.4 Å². The highest BCUT2D eigenvalue weighted by atomic mass is 32.1. The molecule has 16 heavy (non-hydrogen) atoms. The fourth-order valence-electron chi connectivity index (χ4n) is 1.44. The number of rotatable bonds is 2. The molecule has 0 aliphatic heterocycles. The fraction of sp³-hybridized carbons (Fsp3) is 0.200. The van der Waals surface area contributed by atoms with Gasteiger partial charge in [-0.05, 0) is 18.4 Å². The van der Waals surface area contributed by atoms with E-state index < -0.39 is 0 Å². The second kappa shape index (κ2) is 3.65. The average Bonchev–Trinajstić information content (AvgIpc) is 2.91. The molecule has 0 aromatic carbocycles. The summed E-state index contributed by atoms with van der Waals surface area (Å²) >= 11 is 3.23. The van der Waals surface area contributed by atoms with Crippen molar-refractivity contribution in [1.82, 2.24) is 14.6 Å². The summed E-state index contributed by atoms with van der Waals surface area (Å²) in [4.78, 5) is 6.60. The maximum Gasteiger partial charge on any atom is 0.212 e. The molecule has 0 spiro atoms. The van der Waals surface area contributed by atoms with Gasteiger partial charge in [-0.3, -0.25) is 0 Å². The van der Waals surface area contributed by atoms with Gasteiger partial charge in [-0.15, -0.1) is 11.3 Å². The minimum absolute atomic E-state index is 0.0307. The Morgan fingerprint density at radius 3 is 3.00 bits per heavy atom. The molecule has 1 atom stereocenters. The van der Waals surface area contributed by atoms with Crippen molar-refractivity contribution in [2.75, 3.05) is 0 Å². The maximum atomic E-state index is 5.78. The van der Waals surface area contributed by atoms with Gasteiger partial charge in [0.05, 0.1) is 17.1 Å². The topological polar surface area (TPSA) is 56.2 Å². The lowest BCUT2D eigenvalue weighted by atomic mass is 10.4. The third-order valence-corrected chi connectivity index (χ3v) is 4.24. The van der Waals surface area contributed by atoms with Crippen LogP contribution in [0.25, 0.3) is 15.5 Å². The molecule has 0 bridgehead atoms. The first-order valence-electron chi connectivity index (χ1n) is 4.89. The number of hydrogen-bond acceptors (Lipinski definition) is 5. The third-order valence-electron chi connectivity index (χ3n) is 2.22. The zero-order chi connectivity index (χ0) is 11.1. The molecule has 0 fully saturated rings. The summed E-state index contributed by atoms with van der Waals surface area (Å²) in [5, 5.41) is 7.36. The molecule has 0 amide bonds. The molecule has 0 aliphatic rings. The second-order valence-electron chi connectivity index (χ2n) is 3.56. The van der Waals surface area contributed by atoms with Crippen molar-refractivity contribution in [1.29, 1.82) is 0 Å². The summed E-state index contributed by atoms with van der Waals surface area (Å²) in [5.74, 6) is 0. The Morgan fingerprint density at radius 2 is 2.38 bits per heavy atom. The molecule has 82 valence electrons. The Kier molecular flexibility index (Phi) is 2.27. The number of nitrogens with two attached hydrogens (primary N) is 1. The molecule has 0 saturated heterocycles. The second-order valence-corrected chi connectivity index (χ2v) is 5.49. The normalized spacial score (nSPS) is 13.4. The van der Waals surface area contributed by atoms with Crippen LogP contribution in [0.4, 0.5) is 0 Å². The van der Waals surface area contributed by atoms with Crippen molar-refractivity contribution in [3.63, 3.8) is 0 Å². The van der Waals surface area contributed by atoms with Crippen molar-refractivity contribution in [2.45, 2.75) is 13.0 Å². The number of aromatic nitrogens is 3. The Labute approximate surface area is 100 Å². The van der Waals surface area contributed by atoms with Crippen LogP contribution in [-0.4, -0.2) is 14.6 Å². The average molecular weight is 250 g/mol. The predicted molar refractivity (Wildman–Crippen MR) is 66.8 cm³/mol. The van der Waals surface area contributed by atoms with Gasteiger partial charge in [0, 0.05) is 0 Å².